The molecule has 0 N–H and O–H groups in total. The van der Waals surface area contributed by atoms with E-state index in [0.717, 1.165) is 4.47 Å². The highest BCUT2D eigenvalue weighted by Crippen LogP contribution is 2.23. The van der Waals surface area contributed by atoms with Crippen LogP contribution < -0.4 is 4.74 Å². The molecular formula is C13H13BrN2O2. The van der Waals surface area contributed by atoms with Gasteiger partial charge in [-0.2, -0.15) is 0 Å². The summed E-state index contributed by atoms with van der Waals surface area (Å²) in [6.07, 6.45) is 4.63. The van der Waals surface area contributed by atoms with E-state index in [1.54, 1.807) is 26.2 Å². The van der Waals surface area contributed by atoms with E-state index < -0.39 is 5.60 Å². The first-order valence-electron chi connectivity index (χ1n) is 5.46. The molecule has 2 rings (SSSR count). The summed E-state index contributed by atoms with van der Waals surface area (Å²) in [7, 11) is 0. The molecule has 0 aliphatic rings. The molecule has 0 atom stereocenters. The Morgan fingerprint density at radius 3 is 2.83 bits per heavy atom. The second kappa shape index (κ2) is 4.94. The van der Waals surface area contributed by atoms with Crippen LogP contribution in [-0.2, 0) is 0 Å². The molecule has 1 heterocycles. The summed E-state index contributed by atoms with van der Waals surface area (Å²) < 4.78 is 8.06. The maximum atomic E-state index is 12.2. The van der Waals surface area contributed by atoms with Gasteiger partial charge in [0.15, 0.2) is 5.60 Å². The molecule has 0 saturated heterocycles. The van der Waals surface area contributed by atoms with Crippen LogP contribution in [0.4, 0.5) is 0 Å². The number of hydrogen-bond acceptors (Lipinski definition) is 3. The van der Waals surface area contributed by atoms with Crippen LogP contribution in [0.25, 0.3) is 0 Å². The normalized spacial score (nSPS) is 11.3. The molecule has 0 amide bonds. The van der Waals surface area contributed by atoms with Gasteiger partial charge in [-0.05, 0) is 32.0 Å². The van der Waals surface area contributed by atoms with E-state index in [1.165, 1.54) is 10.9 Å². The fourth-order valence-corrected chi connectivity index (χ4v) is 1.94. The Kier molecular flexibility index (Phi) is 3.52. The van der Waals surface area contributed by atoms with Crippen molar-refractivity contribution in [1.82, 2.24) is 9.55 Å². The van der Waals surface area contributed by atoms with E-state index >= 15 is 0 Å². The highest BCUT2D eigenvalue weighted by atomic mass is 79.9. The lowest BCUT2D eigenvalue weighted by molar-refractivity contribution is 0.0487. The summed E-state index contributed by atoms with van der Waals surface area (Å²) in [5.74, 6) is 0.475. The van der Waals surface area contributed by atoms with Crippen molar-refractivity contribution in [1.29, 1.82) is 0 Å². The summed E-state index contributed by atoms with van der Waals surface area (Å²) in [5.41, 5.74) is -0.957. The van der Waals surface area contributed by atoms with Gasteiger partial charge in [-0.1, -0.05) is 22.0 Å². The lowest BCUT2D eigenvalue weighted by Gasteiger charge is -2.24. The zero-order chi connectivity index (χ0) is 13.2. The van der Waals surface area contributed by atoms with Crippen molar-refractivity contribution in [2.45, 2.75) is 19.4 Å². The molecule has 2 aromatic rings. The first kappa shape index (κ1) is 12.8. The number of nitrogens with zero attached hydrogens (tertiary/aromatic N) is 2. The summed E-state index contributed by atoms with van der Waals surface area (Å²) in [5, 5.41) is 0. The zero-order valence-electron chi connectivity index (χ0n) is 10.1. The smallest absolute Gasteiger partial charge is 0.275 e. The number of benzene rings is 1. The quantitative estimate of drug-likeness (QED) is 0.875. The molecule has 0 radical (unpaired) electrons. The molecule has 1 aromatic carbocycles. The molecule has 0 unspecified atom stereocenters. The van der Waals surface area contributed by atoms with E-state index in [-0.39, 0.29) is 5.91 Å². The third-order valence-corrected chi connectivity index (χ3v) is 2.92. The Labute approximate surface area is 114 Å². The number of aromatic nitrogens is 2. The van der Waals surface area contributed by atoms with E-state index in [1.807, 2.05) is 24.3 Å². The number of halogens is 1. The number of carbonyl (C=O) groups excluding carboxylic acids is 1. The molecular weight excluding hydrogens is 296 g/mol. The zero-order valence-corrected chi connectivity index (χ0v) is 11.7. The van der Waals surface area contributed by atoms with Crippen LogP contribution in [0, 0.1) is 0 Å². The molecule has 0 spiro atoms. The van der Waals surface area contributed by atoms with Gasteiger partial charge in [0.1, 0.15) is 12.1 Å². The largest absolute Gasteiger partial charge is 0.478 e. The van der Waals surface area contributed by atoms with Crippen molar-refractivity contribution >= 4 is 21.8 Å². The maximum absolute atomic E-state index is 12.2. The highest BCUT2D eigenvalue weighted by molar-refractivity contribution is 9.10. The van der Waals surface area contributed by atoms with Crippen LogP contribution in [0.15, 0.2) is 47.5 Å². The third kappa shape index (κ3) is 2.79. The molecule has 1 aromatic heterocycles. The molecule has 0 aliphatic carbocycles. The van der Waals surface area contributed by atoms with Crippen molar-refractivity contribution in [2.24, 2.45) is 0 Å². The molecule has 0 bridgehead atoms. The molecule has 0 aliphatic heterocycles. The van der Waals surface area contributed by atoms with Gasteiger partial charge in [0.05, 0.1) is 0 Å². The summed E-state index contributed by atoms with van der Waals surface area (Å²) in [6, 6.07) is 7.39. The predicted molar refractivity (Wildman–Crippen MR) is 71.7 cm³/mol. The minimum Gasteiger partial charge on any atom is -0.478 e. The lowest BCUT2D eigenvalue weighted by Crippen LogP contribution is -2.41. The number of hydrogen-bond donors (Lipinski definition) is 0. The monoisotopic (exact) mass is 308 g/mol. The lowest BCUT2D eigenvalue weighted by atomic mass is 10.1. The van der Waals surface area contributed by atoms with Crippen molar-refractivity contribution < 1.29 is 9.53 Å². The van der Waals surface area contributed by atoms with Crippen LogP contribution in [0.5, 0.6) is 5.75 Å². The first-order chi connectivity index (χ1) is 8.49. The Bertz CT molecular complexity index is 550. The van der Waals surface area contributed by atoms with Gasteiger partial charge >= 0.3 is 0 Å². The summed E-state index contributed by atoms with van der Waals surface area (Å²) in [4.78, 5) is 16.1. The van der Waals surface area contributed by atoms with Crippen LogP contribution in [-0.4, -0.2) is 21.1 Å². The molecule has 5 heteroatoms. The van der Waals surface area contributed by atoms with Gasteiger partial charge in [0.2, 0.25) is 0 Å². The minimum atomic E-state index is -0.957. The van der Waals surface area contributed by atoms with Crippen molar-refractivity contribution in [3.05, 3.63) is 47.5 Å². The number of ether oxygens (including phenoxy) is 1. The molecule has 94 valence electrons. The van der Waals surface area contributed by atoms with Gasteiger partial charge in [0.25, 0.3) is 5.91 Å². The Morgan fingerprint density at radius 2 is 2.22 bits per heavy atom. The molecule has 4 nitrogen and oxygen atoms in total. The SMILES string of the molecule is CC(C)(Oc1cccc(Br)c1)C(=O)n1ccnc1. The van der Waals surface area contributed by atoms with Crippen LogP contribution in [0.1, 0.15) is 18.6 Å². The number of rotatable bonds is 3. The van der Waals surface area contributed by atoms with Crippen molar-refractivity contribution in [2.75, 3.05) is 0 Å². The van der Waals surface area contributed by atoms with Crippen LogP contribution >= 0.6 is 15.9 Å². The van der Waals surface area contributed by atoms with Gasteiger partial charge < -0.3 is 4.74 Å². The van der Waals surface area contributed by atoms with E-state index in [0.29, 0.717) is 5.75 Å². The van der Waals surface area contributed by atoms with Crippen molar-refractivity contribution in [3.63, 3.8) is 0 Å². The predicted octanol–water partition coefficient (Wildman–Crippen LogP) is 3.14. The number of imidazole rings is 1. The van der Waals surface area contributed by atoms with Crippen LogP contribution in [0.2, 0.25) is 0 Å². The van der Waals surface area contributed by atoms with Gasteiger partial charge in [-0.3, -0.25) is 9.36 Å². The van der Waals surface area contributed by atoms with Gasteiger partial charge in [-0.15, -0.1) is 0 Å². The first-order valence-corrected chi connectivity index (χ1v) is 6.26. The fraction of sp³-hybridized carbons (Fsp3) is 0.231. The van der Waals surface area contributed by atoms with Gasteiger partial charge in [-0.25, -0.2) is 4.98 Å². The standard InChI is InChI=1S/C13H13BrN2O2/c1-13(2,12(17)16-7-6-15-9-16)18-11-5-3-4-10(14)8-11/h3-9H,1-2H3. The fourth-order valence-electron chi connectivity index (χ4n) is 1.56. The average molecular weight is 309 g/mol. The summed E-state index contributed by atoms with van der Waals surface area (Å²) in [6.45, 7) is 3.46. The van der Waals surface area contributed by atoms with Crippen LogP contribution in [0.3, 0.4) is 0 Å². The Balaban J connectivity index is 2.19. The van der Waals surface area contributed by atoms with Gasteiger partial charge in [0, 0.05) is 16.9 Å². The minimum absolute atomic E-state index is 0.167. The second-order valence-electron chi connectivity index (χ2n) is 4.34. The topological polar surface area (TPSA) is 44.1 Å². The second-order valence-corrected chi connectivity index (χ2v) is 5.26. The highest BCUT2D eigenvalue weighted by Gasteiger charge is 2.31. The third-order valence-electron chi connectivity index (χ3n) is 2.42. The molecule has 0 saturated carbocycles. The van der Waals surface area contributed by atoms with E-state index in [4.69, 9.17) is 4.74 Å². The van der Waals surface area contributed by atoms with E-state index in [2.05, 4.69) is 20.9 Å². The average Bonchev–Trinajstić information content (AvgIpc) is 2.80. The molecule has 0 fully saturated rings. The van der Waals surface area contributed by atoms with E-state index in [9.17, 15) is 4.79 Å². The van der Waals surface area contributed by atoms with Crippen molar-refractivity contribution in [3.8, 4) is 5.75 Å². The number of carbonyl (C=O) groups is 1. The summed E-state index contributed by atoms with van der Waals surface area (Å²) >= 11 is 3.37. The maximum Gasteiger partial charge on any atom is 0.275 e. The Hall–Kier alpha value is -1.62. The molecule has 18 heavy (non-hydrogen) atoms. The Morgan fingerprint density at radius 1 is 1.44 bits per heavy atom.